The first-order valence-electron chi connectivity index (χ1n) is 10.4. The Labute approximate surface area is 196 Å². The molecule has 30 heavy (non-hydrogen) atoms. The summed E-state index contributed by atoms with van der Waals surface area (Å²) in [7, 11) is 0. The van der Waals surface area contributed by atoms with Crippen LogP contribution in [0.25, 0.3) is 0 Å². The number of aliphatic imine (C=N–C) groups is 1. The van der Waals surface area contributed by atoms with E-state index in [9.17, 15) is 5.11 Å². The first kappa shape index (κ1) is 24.4. The molecule has 1 aliphatic heterocycles. The Kier molecular flexibility index (Phi) is 11.0. The summed E-state index contributed by atoms with van der Waals surface area (Å²) in [5.41, 5.74) is 3.35. The minimum Gasteiger partial charge on any atom is -0.388 e. The number of halogens is 1. The molecule has 3 N–H and O–H groups in total. The number of benzene rings is 2. The smallest absolute Gasteiger partial charge is 0.191 e. The third-order valence-electron chi connectivity index (χ3n) is 4.97. The van der Waals surface area contributed by atoms with Crippen LogP contribution in [0.3, 0.4) is 0 Å². The van der Waals surface area contributed by atoms with Crippen LogP contribution >= 0.6 is 24.0 Å². The molecule has 6 nitrogen and oxygen atoms in total. The van der Waals surface area contributed by atoms with Gasteiger partial charge in [-0.2, -0.15) is 0 Å². The zero-order chi connectivity index (χ0) is 20.3. The summed E-state index contributed by atoms with van der Waals surface area (Å²) in [4.78, 5) is 7.02. The van der Waals surface area contributed by atoms with Gasteiger partial charge in [-0.1, -0.05) is 42.5 Å². The van der Waals surface area contributed by atoms with Crippen molar-refractivity contribution < 1.29 is 9.84 Å². The molecule has 1 heterocycles. The van der Waals surface area contributed by atoms with Gasteiger partial charge in [0.05, 0.1) is 25.9 Å². The lowest BCUT2D eigenvalue weighted by Crippen LogP contribution is -2.38. The Bertz CT molecular complexity index is 750. The summed E-state index contributed by atoms with van der Waals surface area (Å²) in [6.45, 7) is 7.58. The van der Waals surface area contributed by atoms with Crippen LogP contribution in [0.15, 0.2) is 59.6 Å². The van der Waals surface area contributed by atoms with Gasteiger partial charge in [0.2, 0.25) is 0 Å². The number of hydrogen-bond donors (Lipinski definition) is 3. The average molecular weight is 524 g/mol. The highest BCUT2D eigenvalue weighted by Gasteiger charge is 2.11. The minimum atomic E-state index is -0.473. The molecule has 0 saturated carbocycles. The Morgan fingerprint density at radius 3 is 2.43 bits per heavy atom. The van der Waals surface area contributed by atoms with Crippen molar-refractivity contribution >= 4 is 35.6 Å². The number of hydrogen-bond acceptors (Lipinski definition) is 4. The molecule has 0 aliphatic carbocycles. The Balaban J connectivity index is 0.00000320. The van der Waals surface area contributed by atoms with E-state index in [1.165, 1.54) is 11.3 Å². The first-order valence-corrected chi connectivity index (χ1v) is 10.4. The van der Waals surface area contributed by atoms with Crippen LogP contribution in [0.2, 0.25) is 0 Å². The van der Waals surface area contributed by atoms with Crippen molar-refractivity contribution in [2.24, 2.45) is 4.99 Å². The summed E-state index contributed by atoms with van der Waals surface area (Å²) in [5, 5.41) is 16.9. The van der Waals surface area contributed by atoms with E-state index in [4.69, 9.17) is 4.74 Å². The van der Waals surface area contributed by atoms with Crippen LogP contribution in [-0.4, -0.2) is 50.5 Å². The quantitative estimate of drug-likeness (QED) is 0.281. The number of rotatable bonds is 8. The average Bonchev–Trinajstić information content (AvgIpc) is 2.79. The van der Waals surface area contributed by atoms with Gasteiger partial charge in [-0.25, -0.2) is 4.99 Å². The van der Waals surface area contributed by atoms with Crippen LogP contribution < -0.4 is 15.5 Å². The third kappa shape index (κ3) is 7.77. The van der Waals surface area contributed by atoms with Crippen molar-refractivity contribution in [2.45, 2.75) is 26.0 Å². The van der Waals surface area contributed by atoms with Crippen LogP contribution in [0.1, 0.15) is 30.6 Å². The van der Waals surface area contributed by atoms with Gasteiger partial charge in [0.15, 0.2) is 5.96 Å². The predicted molar refractivity (Wildman–Crippen MR) is 134 cm³/mol. The number of ether oxygens (including phenoxy) is 1. The Hall–Kier alpha value is -1.84. The monoisotopic (exact) mass is 524 g/mol. The van der Waals surface area contributed by atoms with Gasteiger partial charge in [-0.05, 0) is 36.6 Å². The number of nitrogens with one attached hydrogen (secondary N) is 2. The maximum atomic E-state index is 10.3. The lowest BCUT2D eigenvalue weighted by molar-refractivity contribution is 0.122. The molecular weight excluding hydrogens is 491 g/mol. The third-order valence-corrected chi connectivity index (χ3v) is 4.97. The Morgan fingerprint density at radius 1 is 1.07 bits per heavy atom. The maximum Gasteiger partial charge on any atom is 0.191 e. The van der Waals surface area contributed by atoms with E-state index in [0.29, 0.717) is 19.5 Å². The largest absolute Gasteiger partial charge is 0.388 e. The number of anilines is 1. The molecule has 1 saturated heterocycles. The fourth-order valence-corrected chi connectivity index (χ4v) is 3.31. The van der Waals surface area contributed by atoms with E-state index in [1.54, 1.807) is 0 Å². The highest BCUT2D eigenvalue weighted by Crippen LogP contribution is 2.17. The zero-order valence-electron chi connectivity index (χ0n) is 17.6. The van der Waals surface area contributed by atoms with Crippen LogP contribution in [0, 0.1) is 0 Å². The lowest BCUT2D eigenvalue weighted by Gasteiger charge is -2.28. The molecule has 2 aromatic carbocycles. The molecule has 0 spiro atoms. The highest BCUT2D eigenvalue weighted by molar-refractivity contribution is 14.0. The van der Waals surface area contributed by atoms with Crippen LogP contribution in [0.4, 0.5) is 5.69 Å². The summed E-state index contributed by atoms with van der Waals surface area (Å²) >= 11 is 0. The molecular formula is C23H33IN4O2. The molecule has 1 aliphatic rings. The molecule has 2 aromatic rings. The number of aliphatic hydroxyl groups is 1. The second-order valence-electron chi connectivity index (χ2n) is 7.10. The molecule has 1 fully saturated rings. The van der Waals surface area contributed by atoms with Gasteiger partial charge >= 0.3 is 0 Å². The van der Waals surface area contributed by atoms with Crippen LogP contribution in [0.5, 0.6) is 0 Å². The second kappa shape index (κ2) is 13.5. The van der Waals surface area contributed by atoms with E-state index in [2.05, 4.69) is 44.8 Å². The van der Waals surface area contributed by atoms with E-state index in [1.807, 2.05) is 37.3 Å². The standard InChI is InChI=1S/C23H32N4O2.HI/c1-2-24-23(25-13-12-22(28)20-6-4-3-5-7-20)26-18-19-8-10-21(11-9-19)27-14-16-29-17-15-27;/h3-11,22,28H,2,12-18H2,1H3,(H2,24,25,26);1H. The molecule has 164 valence electrons. The van der Waals surface area contributed by atoms with Gasteiger partial charge in [-0.3, -0.25) is 0 Å². The lowest BCUT2D eigenvalue weighted by atomic mass is 10.1. The fourth-order valence-electron chi connectivity index (χ4n) is 3.31. The predicted octanol–water partition coefficient (Wildman–Crippen LogP) is 3.32. The molecule has 0 radical (unpaired) electrons. The van der Waals surface area contributed by atoms with E-state index in [0.717, 1.165) is 44.4 Å². The number of morpholine rings is 1. The molecule has 1 atom stereocenters. The molecule has 7 heteroatoms. The summed E-state index contributed by atoms with van der Waals surface area (Å²) < 4.78 is 5.42. The molecule has 0 aromatic heterocycles. The van der Waals surface area contributed by atoms with Gasteiger partial charge < -0.3 is 25.4 Å². The van der Waals surface area contributed by atoms with Crippen molar-refractivity contribution in [1.29, 1.82) is 0 Å². The molecule has 0 amide bonds. The van der Waals surface area contributed by atoms with Crippen molar-refractivity contribution in [3.8, 4) is 0 Å². The maximum absolute atomic E-state index is 10.3. The Morgan fingerprint density at radius 2 is 1.77 bits per heavy atom. The fraction of sp³-hybridized carbons (Fsp3) is 0.435. The summed E-state index contributed by atoms with van der Waals surface area (Å²) in [6.07, 6.45) is 0.155. The van der Waals surface area contributed by atoms with Gasteiger partial charge in [0.25, 0.3) is 0 Å². The van der Waals surface area contributed by atoms with Crippen molar-refractivity contribution in [1.82, 2.24) is 10.6 Å². The molecule has 0 bridgehead atoms. The second-order valence-corrected chi connectivity index (χ2v) is 7.10. The van der Waals surface area contributed by atoms with Crippen molar-refractivity contribution in [2.75, 3.05) is 44.3 Å². The molecule has 1 unspecified atom stereocenters. The van der Waals surface area contributed by atoms with Gasteiger partial charge in [0, 0.05) is 31.9 Å². The van der Waals surface area contributed by atoms with Crippen molar-refractivity contribution in [3.63, 3.8) is 0 Å². The van der Waals surface area contributed by atoms with Gasteiger partial charge in [-0.15, -0.1) is 24.0 Å². The minimum absolute atomic E-state index is 0. The number of nitrogens with zero attached hydrogens (tertiary/aromatic N) is 2. The topological polar surface area (TPSA) is 69.1 Å². The SMILES string of the molecule is CCNC(=NCc1ccc(N2CCOCC2)cc1)NCCC(O)c1ccccc1.I. The number of guanidine groups is 1. The highest BCUT2D eigenvalue weighted by atomic mass is 127. The van der Waals surface area contributed by atoms with Crippen molar-refractivity contribution in [3.05, 3.63) is 65.7 Å². The first-order chi connectivity index (χ1) is 14.3. The zero-order valence-corrected chi connectivity index (χ0v) is 19.9. The van der Waals surface area contributed by atoms with Gasteiger partial charge in [0.1, 0.15) is 0 Å². The van der Waals surface area contributed by atoms with E-state index in [-0.39, 0.29) is 24.0 Å². The molecule has 3 rings (SSSR count). The normalized spacial score (nSPS) is 15.3. The van der Waals surface area contributed by atoms with Crippen LogP contribution in [-0.2, 0) is 11.3 Å². The van der Waals surface area contributed by atoms with E-state index >= 15 is 0 Å². The number of aliphatic hydroxyl groups excluding tert-OH is 1. The summed E-state index contributed by atoms with van der Waals surface area (Å²) in [6, 6.07) is 18.3. The van der Waals surface area contributed by atoms with E-state index < -0.39 is 6.10 Å². The summed E-state index contributed by atoms with van der Waals surface area (Å²) in [5.74, 6) is 0.769.